The third-order valence-electron chi connectivity index (χ3n) is 2.45. The van der Waals surface area contributed by atoms with Gasteiger partial charge < -0.3 is 4.74 Å². The molecular formula is C14H8ClF2NO. The molecule has 0 amide bonds. The van der Waals surface area contributed by atoms with Gasteiger partial charge in [0.05, 0.1) is 10.6 Å². The van der Waals surface area contributed by atoms with Gasteiger partial charge in [0.25, 0.3) is 0 Å². The fourth-order valence-corrected chi connectivity index (χ4v) is 1.65. The van der Waals surface area contributed by atoms with Crippen molar-refractivity contribution in [1.29, 1.82) is 5.26 Å². The topological polar surface area (TPSA) is 33.0 Å². The predicted octanol–water partition coefficient (Wildman–Crippen LogP) is 4.07. The average molecular weight is 280 g/mol. The maximum absolute atomic E-state index is 13.1. The Morgan fingerprint density at radius 2 is 1.84 bits per heavy atom. The summed E-state index contributed by atoms with van der Waals surface area (Å²) >= 11 is 5.62. The van der Waals surface area contributed by atoms with Gasteiger partial charge in [-0.05, 0) is 29.8 Å². The first-order valence-corrected chi connectivity index (χ1v) is 5.74. The van der Waals surface area contributed by atoms with E-state index in [9.17, 15) is 8.78 Å². The molecule has 2 aromatic carbocycles. The fraction of sp³-hybridized carbons (Fsp3) is 0.0714. The van der Waals surface area contributed by atoms with Gasteiger partial charge in [-0.2, -0.15) is 5.26 Å². The Morgan fingerprint density at radius 3 is 2.53 bits per heavy atom. The van der Waals surface area contributed by atoms with Crippen LogP contribution in [0.1, 0.15) is 11.1 Å². The van der Waals surface area contributed by atoms with Crippen LogP contribution in [0.4, 0.5) is 8.78 Å². The number of nitrogens with zero attached hydrogens (tertiary/aromatic N) is 1. The maximum Gasteiger partial charge on any atom is 0.142 e. The van der Waals surface area contributed by atoms with E-state index in [2.05, 4.69) is 0 Å². The lowest BCUT2D eigenvalue weighted by Crippen LogP contribution is -1.97. The monoisotopic (exact) mass is 279 g/mol. The summed E-state index contributed by atoms with van der Waals surface area (Å²) in [6, 6.07) is 9.86. The molecule has 0 saturated carbocycles. The van der Waals surface area contributed by atoms with Crippen molar-refractivity contribution >= 4 is 11.6 Å². The lowest BCUT2D eigenvalue weighted by molar-refractivity contribution is 0.305. The Morgan fingerprint density at radius 1 is 1.11 bits per heavy atom. The summed E-state index contributed by atoms with van der Waals surface area (Å²) in [6.45, 7) is 0.136. The smallest absolute Gasteiger partial charge is 0.142 e. The molecule has 0 aliphatic heterocycles. The Hall–Kier alpha value is -2.12. The Bertz CT molecular complexity index is 652. The number of ether oxygens (including phenoxy) is 1. The third-order valence-corrected chi connectivity index (χ3v) is 2.74. The number of halogens is 3. The second-order valence-corrected chi connectivity index (χ2v) is 4.20. The number of benzene rings is 2. The van der Waals surface area contributed by atoms with Gasteiger partial charge in [0.2, 0.25) is 0 Å². The van der Waals surface area contributed by atoms with Crippen molar-refractivity contribution in [3.63, 3.8) is 0 Å². The molecule has 2 nitrogen and oxygen atoms in total. The molecule has 0 aliphatic rings. The Balaban J connectivity index is 2.10. The lowest BCUT2D eigenvalue weighted by atomic mass is 10.1. The van der Waals surface area contributed by atoms with Crippen LogP contribution in [-0.2, 0) is 6.61 Å². The molecule has 5 heteroatoms. The van der Waals surface area contributed by atoms with Crippen molar-refractivity contribution < 1.29 is 13.5 Å². The lowest BCUT2D eigenvalue weighted by Gasteiger charge is -2.07. The fourth-order valence-electron chi connectivity index (χ4n) is 1.48. The zero-order chi connectivity index (χ0) is 13.8. The van der Waals surface area contributed by atoms with Crippen molar-refractivity contribution in [2.45, 2.75) is 6.61 Å². The van der Waals surface area contributed by atoms with Crippen molar-refractivity contribution in [3.8, 4) is 11.8 Å². The summed E-state index contributed by atoms with van der Waals surface area (Å²) < 4.78 is 31.4. The van der Waals surface area contributed by atoms with Gasteiger partial charge in [-0.15, -0.1) is 0 Å². The molecule has 0 N–H and O–H groups in total. The summed E-state index contributed by atoms with van der Waals surface area (Å²) in [5.41, 5.74) is 0.594. The van der Waals surface area contributed by atoms with E-state index in [0.29, 0.717) is 11.3 Å². The highest BCUT2D eigenvalue weighted by Gasteiger charge is 2.05. The van der Waals surface area contributed by atoms with Crippen LogP contribution in [0.3, 0.4) is 0 Å². The van der Waals surface area contributed by atoms with Gasteiger partial charge in [0.1, 0.15) is 30.1 Å². The second kappa shape index (κ2) is 5.68. The van der Waals surface area contributed by atoms with Crippen LogP contribution >= 0.6 is 11.6 Å². The van der Waals surface area contributed by atoms with Crippen LogP contribution in [0.25, 0.3) is 0 Å². The van der Waals surface area contributed by atoms with Crippen molar-refractivity contribution in [1.82, 2.24) is 0 Å². The predicted molar refractivity (Wildman–Crippen MR) is 66.9 cm³/mol. The van der Waals surface area contributed by atoms with E-state index in [-0.39, 0.29) is 17.2 Å². The molecule has 0 aliphatic carbocycles. The summed E-state index contributed by atoms with van der Waals surface area (Å²) in [5.74, 6) is -0.701. The van der Waals surface area contributed by atoms with Gasteiger partial charge in [-0.25, -0.2) is 8.78 Å². The number of rotatable bonds is 3. The zero-order valence-electron chi connectivity index (χ0n) is 9.66. The van der Waals surface area contributed by atoms with Crippen LogP contribution < -0.4 is 4.74 Å². The highest BCUT2D eigenvalue weighted by molar-refractivity contribution is 6.30. The first kappa shape index (κ1) is 13.3. The minimum Gasteiger partial charge on any atom is -0.489 e. The molecule has 0 fully saturated rings. The molecular weight excluding hydrogens is 272 g/mol. The summed E-state index contributed by atoms with van der Waals surface area (Å²) in [7, 11) is 0. The first-order valence-electron chi connectivity index (χ1n) is 5.36. The van der Waals surface area contributed by atoms with E-state index < -0.39 is 11.6 Å². The summed E-state index contributed by atoms with van der Waals surface area (Å²) in [4.78, 5) is 0. The molecule has 0 bridgehead atoms. The van der Waals surface area contributed by atoms with E-state index in [1.54, 1.807) is 6.07 Å². The highest BCUT2D eigenvalue weighted by Crippen LogP contribution is 2.22. The zero-order valence-corrected chi connectivity index (χ0v) is 10.4. The van der Waals surface area contributed by atoms with Crippen LogP contribution in [0.2, 0.25) is 5.02 Å². The molecule has 2 aromatic rings. The van der Waals surface area contributed by atoms with Crippen molar-refractivity contribution in [2.24, 2.45) is 0 Å². The van der Waals surface area contributed by atoms with E-state index in [4.69, 9.17) is 21.6 Å². The molecule has 96 valence electrons. The van der Waals surface area contributed by atoms with E-state index in [1.165, 1.54) is 36.4 Å². The molecule has 0 unspecified atom stereocenters. The Kier molecular flexibility index (Phi) is 3.98. The van der Waals surface area contributed by atoms with Crippen LogP contribution in [0, 0.1) is 23.0 Å². The number of hydrogen-bond acceptors (Lipinski definition) is 2. The molecule has 0 atom stereocenters. The molecule has 0 aromatic heterocycles. The maximum atomic E-state index is 13.1. The van der Waals surface area contributed by atoms with Gasteiger partial charge in [0.15, 0.2) is 0 Å². The van der Waals surface area contributed by atoms with Crippen LogP contribution in [0.15, 0.2) is 36.4 Å². The summed E-state index contributed by atoms with van der Waals surface area (Å²) in [6.07, 6.45) is 0. The quantitative estimate of drug-likeness (QED) is 0.848. The van der Waals surface area contributed by atoms with Crippen molar-refractivity contribution in [3.05, 3.63) is 64.2 Å². The largest absolute Gasteiger partial charge is 0.489 e. The van der Waals surface area contributed by atoms with Gasteiger partial charge in [0, 0.05) is 6.07 Å². The van der Waals surface area contributed by atoms with Gasteiger partial charge >= 0.3 is 0 Å². The number of hydrogen-bond donors (Lipinski definition) is 0. The first-order chi connectivity index (χ1) is 9.10. The van der Waals surface area contributed by atoms with E-state index >= 15 is 0 Å². The molecule has 2 rings (SSSR count). The van der Waals surface area contributed by atoms with Gasteiger partial charge in [-0.3, -0.25) is 0 Å². The average Bonchev–Trinajstić information content (AvgIpc) is 2.41. The van der Waals surface area contributed by atoms with E-state index in [0.717, 1.165) is 0 Å². The number of nitriles is 1. The van der Waals surface area contributed by atoms with E-state index in [1.807, 2.05) is 0 Å². The molecule has 0 heterocycles. The molecule has 0 spiro atoms. The molecule has 0 radical (unpaired) electrons. The SMILES string of the molecule is N#Cc1cc(COc2ccc(F)c(Cl)c2)ccc1F. The minimum atomic E-state index is -0.573. The Labute approximate surface area is 113 Å². The minimum absolute atomic E-state index is 0.0330. The van der Waals surface area contributed by atoms with Crippen molar-refractivity contribution in [2.75, 3.05) is 0 Å². The molecule has 19 heavy (non-hydrogen) atoms. The summed E-state index contributed by atoms with van der Waals surface area (Å²) in [5, 5.41) is 8.67. The highest BCUT2D eigenvalue weighted by atomic mass is 35.5. The standard InChI is InChI=1S/C14H8ClF2NO/c15-12-6-11(2-4-14(12)17)19-8-9-1-3-13(16)10(5-9)7-18/h1-6H,8H2. The molecule has 0 saturated heterocycles. The normalized spacial score (nSPS) is 10.0. The van der Waals surface area contributed by atoms with Crippen LogP contribution in [-0.4, -0.2) is 0 Å². The third kappa shape index (κ3) is 3.21. The van der Waals surface area contributed by atoms with Gasteiger partial charge in [-0.1, -0.05) is 17.7 Å². The second-order valence-electron chi connectivity index (χ2n) is 3.79. The van der Waals surface area contributed by atoms with Crippen LogP contribution in [0.5, 0.6) is 5.75 Å².